The molecule has 1 aromatic heterocycles. The van der Waals surface area contributed by atoms with Crippen molar-refractivity contribution in [3.05, 3.63) is 45.9 Å². The Kier molecular flexibility index (Phi) is 3.73. The van der Waals surface area contributed by atoms with Gasteiger partial charge in [0, 0.05) is 27.5 Å². The third-order valence-corrected chi connectivity index (χ3v) is 3.05. The zero-order chi connectivity index (χ0) is 13.3. The zero-order valence-corrected chi connectivity index (χ0v) is 11.6. The lowest BCUT2D eigenvalue weighted by atomic mass is 10.1. The van der Waals surface area contributed by atoms with Crippen LogP contribution in [0.5, 0.6) is 0 Å². The Morgan fingerprint density at radius 3 is 2.61 bits per heavy atom. The van der Waals surface area contributed by atoms with E-state index in [9.17, 15) is 9.50 Å². The van der Waals surface area contributed by atoms with Crippen molar-refractivity contribution in [2.45, 2.75) is 20.0 Å². The molecule has 0 saturated carbocycles. The standard InChI is InChI=1S/C13H12BrFN2O/c1-7-12(8(2)18)6-16-13(17-7)9-3-10(14)5-11(15)4-9/h3-6,8,18H,1-2H3. The summed E-state index contributed by atoms with van der Waals surface area (Å²) in [5.74, 6) is 0.0948. The Labute approximate surface area is 113 Å². The van der Waals surface area contributed by atoms with Crippen LogP contribution in [-0.2, 0) is 0 Å². The number of benzene rings is 1. The summed E-state index contributed by atoms with van der Waals surface area (Å²) in [6.07, 6.45) is 0.958. The summed E-state index contributed by atoms with van der Waals surface area (Å²) in [5, 5.41) is 9.51. The van der Waals surface area contributed by atoms with Gasteiger partial charge in [-0.3, -0.25) is 0 Å². The topological polar surface area (TPSA) is 46.0 Å². The van der Waals surface area contributed by atoms with Gasteiger partial charge in [-0.15, -0.1) is 0 Å². The quantitative estimate of drug-likeness (QED) is 0.924. The summed E-state index contributed by atoms with van der Waals surface area (Å²) in [5.41, 5.74) is 1.96. The van der Waals surface area contributed by atoms with E-state index in [1.165, 1.54) is 12.1 Å². The van der Waals surface area contributed by atoms with Crippen molar-refractivity contribution in [1.29, 1.82) is 0 Å². The van der Waals surface area contributed by atoms with E-state index in [1.54, 1.807) is 26.1 Å². The molecule has 5 heteroatoms. The number of aliphatic hydroxyl groups excluding tert-OH is 1. The highest BCUT2D eigenvalue weighted by atomic mass is 79.9. The highest BCUT2D eigenvalue weighted by molar-refractivity contribution is 9.10. The second-order valence-corrected chi connectivity index (χ2v) is 4.98. The van der Waals surface area contributed by atoms with Crippen molar-refractivity contribution < 1.29 is 9.50 Å². The van der Waals surface area contributed by atoms with E-state index in [1.807, 2.05) is 0 Å². The molecule has 0 saturated heterocycles. The second-order valence-electron chi connectivity index (χ2n) is 4.07. The first-order valence-corrected chi connectivity index (χ1v) is 6.24. The second kappa shape index (κ2) is 5.12. The Bertz CT molecular complexity index is 567. The van der Waals surface area contributed by atoms with E-state index in [0.29, 0.717) is 27.1 Å². The molecule has 1 atom stereocenters. The fraction of sp³-hybridized carbons (Fsp3) is 0.231. The number of aliphatic hydroxyl groups is 1. The minimum Gasteiger partial charge on any atom is -0.389 e. The van der Waals surface area contributed by atoms with Crippen molar-refractivity contribution in [3.63, 3.8) is 0 Å². The number of aryl methyl sites for hydroxylation is 1. The number of aromatic nitrogens is 2. The first kappa shape index (κ1) is 13.1. The summed E-state index contributed by atoms with van der Waals surface area (Å²) in [4.78, 5) is 8.44. The van der Waals surface area contributed by atoms with Gasteiger partial charge in [-0.25, -0.2) is 14.4 Å². The average molecular weight is 311 g/mol. The summed E-state index contributed by atoms with van der Waals surface area (Å²) in [6, 6.07) is 4.50. The molecule has 0 bridgehead atoms. The number of halogens is 2. The largest absolute Gasteiger partial charge is 0.389 e. The van der Waals surface area contributed by atoms with Crippen LogP contribution < -0.4 is 0 Å². The Hall–Kier alpha value is -1.33. The van der Waals surface area contributed by atoms with Gasteiger partial charge in [0.25, 0.3) is 0 Å². The van der Waals surface area contributed by atoms with Crippen LogP contribution in [0.1, 0.15) is 24.3 Å². The van der Waals surface area contributed by atoms with Gasteiger partial charge in [-0.2, -0.15) is 0 Å². The third kappa shape index (κ3) is 2.73. The lowest BCUT2D eigenvalue weighted by molar-refractivity contribution is 0.197. The van der Waals surface area contributed by atoms with Gasteiger partial charge >= 0.3 is 0 Å². The monoisotopic (exact) mass is 310 g/mol. The van der Waals surface area contributed by atoms with Gasteiger partial charge in [0.2, 0.25) is 0 Å². The number of hydrogen-bond acceptors (Lipinski definition) is 3. The molecule has 18 heavy (non-hydrogen) atoms. The van der Waals surface area contributed by atoms with Crippen LogP contribution in [0.3, 0.4) is 0 Å². The molecule has 0 fully saturated rings. The molecule has 94 valence electrons. The first-order valence-electron chi connectivity index (χ1n) is 5.45. The van der Waals surface area contributed by atoms with E-state index in [-0.39, 0.29) is 5.82 Å². The van der Waals surface area contributed by atoms with Gasteiger partial charge in [0.15, 0.2) is 5.82 Å². The molecule has 2 aromatic rings. The van der Waals surface area contributed by atoms with E-state index < -0.39 is 6.10 Å². The molecule has 0 aliphatic rings. The lowest BCUT2D eigenvalue weighted by Crippen LogP contribution is -2.01. The smallest absolute Gasteiger partial charge is 0.159 e. The molecular weight excluding hydrogens is 299 g/mol. The molecule has 0 spiro atoms. The van der Waals surface area contributed by atoms with Gasteiger partial charge in [-0.05, 0) is 32.0 Å². The molecule has 1 aromatic carbocycles. The molecule has 1 unspecified atom stereocenters. The molecule has 0 radical (unpaired) electrons. The maximum Gasteiger partial charge on any atom is 0.159 e. The molecule has 0 aliphatic heterocycles. The van der Waals surface area contributed by atoms with Gasteiger partial charge in [0.1, 0.15) is 5.82 Å². The molecule has 2 rings (SSSR count). The number of rotatable bonds is 2. The van der Waals surface area contributed by atoms with Gasteiger partial charge < -0.3 is 5.11 Å². The molecule has 3 nitrogen and oxygen atoms in total. The summed E-state index contributed by atoms with van der Waals surface area (Å²) in [7, 11) is 0. The van der Waals surface area contributed by atoms with Crippen LogP contribution in [0.25, 0.3) is 11.4 Å². The van der Waals surface area contributed by atoms with E-state index in [2.05, 4.69) is 25.9 Å². The van der Waals surface area contributed by atoms with Crippen LogP contribution in [0, 0.1) is 12.7 Å². The fourth-order valence-corrected chi connectivity index (χ4v) is 2.17. The molecule has 1 heterocycles. The summed E-state index contributed by atoms with van der Waals surface area (Å²) < 4.78 is 13.9. The number of nitrogens with zero attached hydrogens (tertiary/aromatic N) is 2. The van der Waals surface area contributed by atoms with E-state index in [0.717, 1.165) is 0 Å². The predicted octanol–water partition coefficient (Wildman–Crippen LogP) is 3.41. The summed E-state index contributed by atoms with van der Waals surface area (Å²) in [6.45, 7) is 3.45. The van der Waals surface area contributed by atoms with Gasteiger partial charge in [0.05, 0.1) is 6.10 Å². The molecule has 0 amide bonds. The Balaban J connectivity index is 2.48. The van der Waals surface area contributed by atoms with Crippen LogP contribution >= 0.6 is 15.9 Å². The highest BCUT2D eigenvalue weighted by Gasteiger charge is 2.10. The lowest BCUT2D eigenvalue weighted by Gasteiger charge is -2.09. The molecule has 1 N–H and O–H groups in total. The SMILES string of the molecule is Cc1nc(-c2cc(F)cc(Br)c2)ncc1C(C)O. The van der Waals surface area contributed by atoms with E-state index in [4.69, 9.17) is 0 Å². The van der Waals surface area contributed by atoms with E-state index >= 15 is 0 Å². The molecule has 0 aliphatic carbocycles. The molecular formula is C13H12BrFN2O. The van der Waals surface area contributed by atoms with Crippen LogP contribution in [0.4, 0.5) is 4.39 Å². The normalized spacial score (nSPS) is 12.5. The van der Waals surface area contributed by atoms with Crippen molar-refractivity contribution in [1.82, 2.24) is 9.97 Å². The van der Waals surface area contributed by atoms with Crippen molar-refractivity contribution >= 4 is 15.9 Å². The zero-order valence-electron chi connectivity index (χ0n) is 9.98. The maximum atomic E-state index is 13.3. The minimum absolute atomic E-state index is 0.347. The van der Waals surface area contributed by atoms with Crippen molar-refractivity contribution in [3.8, 4) is 11.4 Å². The predicted molar refractivity (Wildman–Crippen MR) is 70.5 cm³/mol. The van der Waals surface area contributed by atoms with Crippen LogP contribution in [-0.4, -0.2) is 15.1 Å². The van der Waals surface area contributed by atoms with Gasteiger partial charge in [-0.1, -0.05) is 15.9 Å². The van der Waals surface area contributed by atoms with Crippen LogP contribution in [0.15, 0.2) is 28.9 Å². The third-order valence-electron chi connectivity index (χ3n) is 2.59. The van der Waals surface area contributed by atoms with Crippen LogP contribution in [0.2, 0.25) is 0 Å². The maximum absolute atomic E-state index is 13.3. The highest BCUT2D eigenvalue weighted by Crippen LogP contribution is 2.23. The fourth-order valence-electron chi connectivity index (χ4n) is 1.71. The first-order chi connectivity index (χ1) is 8.47. The van der Waals surface area contributed by atoms with Crippen molar-refractivity contribution in [2.24, 2.45) is 0 Å². The average Bonchev–Trinajstić information content (AvgIpc) is 2.26. The summed E-state index contributed by atoms with van der Waals surface area (Å²) >= 11 is 3.23. The Morgan fingerprint density at radius 1 is 1.33 bits per heavy atom. The Morgan fingerprint density at radius 2 is 2.06 bits per heavy atom. The minimum atomic E-state index is -0.613. The number of hydrogen-bond donors (Lipinski definition) is 1. The van der Waals surface area contributed by atoms with Crippen molar-refractivity contribution in [2.75, 3.05) is 0 Å².